The zero-order valence-electron chi connectivity index (χ0n) is 13.5. The van der Waals surface area contributed by atoms with E-state index in [1.54, 1.807) is 13.8 Å². The van der Waals surface area contributed by atoms with Crippen LogP contribution in [0, 0.1) is 0 Å². The van der Waals surface area contributed by atoms with Gasteiger partial charge in [0.1, 0.15) is 6.17 Å². The molecule has 0 radical (unpaired) electrons. The maximum absolute atomic E-state index is 13.8. The minimum atomic E-state index is -1.22. The minimum Gasteiger partial charge on any atom is -0.371 e. The average molecular weight is 278 g/mol. The largest absolute Gasteiger partial charge is 0.371 e. The molecule has 1 unspecified atom stereocenters. The van der Waals surface area contributed by atoms with Gasteiger partial charge in [0.05, 0.1) is 18.8 Å². The molecule has 19 heavy (non-hydrogen) atoms. The number of alkyl halides is 1. The first kappa shape index (κ1) is 20.6. The van der Waals surface area contributed by atoms with Gasteiger partial charge < -0.3 is 15.4 Å². The molecule has 0 bridgehead atoms. The highest BCUT2D eigenvalue weighted by Gasteiger charge is 2.30. The van der Waals surface area contributed by atoms with Crippen molar-refractivity contribution in [2.75, 3.05) is 19.7 Å². The Bertz CT molecular complexity index is 233. The third-order valence-electron chi connectivity index (χ3n) is 2.41. The number of hydrogen-bond acceptors (Lipinski definition) is 3. The van der Waals surface area contributed by atoms with Gasteiger partial charge in [-0.25, -0.2) is 4.39 Å². The highest BCUT2D eigenvalue weighted by atomic mass is 19.1. The summed E-state index contributed by atoms with van der Waals surface area (Å²) in [5.41, 5.74) is -0.888. The second kappa shape index (κ2) is 11.2. The van der Waals surface area contributed by atoms with Crippen molar-refractivity contribution in [1.29, 1.82) is 0 Å². The van der Waals surface area contributed by atoms with Crippen LogP contribution < -0.4 is 10.6 Å². The molecule has 0 rings (SSSR count). The Kier molecular flexibility index (Phi) is 12.1. The molecule has 0 saturated heterocycles. The standard InChI is InChI=1S/C12H25FN2O2.C2H6/c1-9(2)14-6-7-17-12(4,5)11(13)8-15-10(3)16;1-2/h9,11,14H,6-8H2,1-5H3,(H,15,16);1-2H3. The Balaban J connectivity index is 0. The van der Waals surface area contributed by atoms with Crippen molar-refractivity contribution in [3.8, 4) is 0 Å². The minimum absolute atomic E-state index is 0.0139. The summed E-state index contributed by atoms with van der Waals surface area (Å²) >= 11 is 0. The van der Waals surface area contributed by atoms with Gasteiger partial charge in [0.2, 0.25) is 5.91 Å². The summed E-state index contributed by atoms with van der Waals surface area (Å²) in [7, 11) is 0. The van der Waals surface area contributed by atoms with Gasteiger partial charge in [-0.05, 0) is 13.8 Å². The summed E-state index contributed by atoms with van der Waals surface area (Å²) in [4.78, 5) is 10.7. The molecule has 0 fully saturated rings. The van der Waals surface area contributed by atoms with Crippen LogP contribution in [0.5, 0.6) is 0 Å². The molecule has 1 atom stereocenters. The van der Waals surface area contributed by atoms with Gasteiger partial charge in [0.15, 0.2) is 0 Å². The van der Waals surface area contributed by atoms with Gasteiger partial charge in [-0.1, -0.05) is 27.7 Å². The molecule has 0 aromatic heterocycles. The van der Waals surface area contributed by atoms with E-state index in [0.29, 0.717) is 19.2 Å². The Morgan fingerprint density at radius 2 is 1.84 bits per heavy atom. The van der Waals surface area contributed by atoms with E-state index >= 15 is 0 Å². The Morgan fingerprint density at radius 1 is 1.32 bits per heavy atom. The van der Waals surface area contributed by atoms with Crippen LogP contribution in [-0.2, 0) is 9.53 Å². The quantitative estimate of drug-likeness (QED) is 0.670. The van der Waals surface area contributed by atoms with E-state index in [2.05, 4.69) is 10.6 Å². The van der Waals surface area contributed by atoms with Crippen molar-refractivity contribution in [2.24, 2.45) is 0 Å². The molecule has 0 aromatic carbocycles. The summed E-state index contributed by atoms with van der Waals surface area (Å²) in [5.74, 6) is -0.232. The lowest BCUT2D eigenvalue weighted by molar-refractivity contribution is -0.120. The monoisotopic (exact) mass is 278 g/mol. The highest BCUT2D eigenvalue weighted by Crippen LogP contribution is 2.17. The molecule has 5 heteroatoms. The molecule has 2 N–H and O–H groups in total. The molecular weight excluding hydrogens is 247 g/mol. The van der Waals surface area contributed by atoms with Crippen molar-refractivity contribution in [3.05, 3.63) is 0 Å². The number of carbonyl (C=O) groups excluding carboxylic acids is 1. The normalized spacial score (nSPS) is 12.7. The molecule has 0 saturated carbocycles. The average Bonchev–Trinajstić information content (AvgIpc) is 2.33. The van der Waals surface area contributed by atoms with E-state index < -0.39 is 11.8 Å². The molecule has 0 aliphatic heterocycles. The number of halogens is 1. The van der Waals surface area contributed by atoms with E-state index in [-0.39, 0.29) is 12.5 Å². The van der Waals surface area contributed by atoms with Crippen LogP contribution >= 0.6 is 0 Å². The van der Waals surface area contributed by atoms with Crippen LogP contribution in [-0.4, -0.2) is 43.4 Å². The molecule has 1 amide bonds. The van der Waals surface area contributed by atoms with Crippen molar-refractivity contribution in [1.82, 2.24) is 10.6 Å². The van der Waals surface area contributed by atoms with Crippen molar-refractivity contribution in [3.63, 3.8) is 0 Å². The number of nitrogens with one attached hydrogen (secondary N) is 2. The van der Waals surface area contributed by atoms with Gasteiger partial charge in [-0.3, -0.25) is 4.79 Å². The second-order valence-corrected chi connectivity index (χ2v) is 4.97. The Hall–Kier alpha value is -0.680. The lowest BCUT2D eigenvalue weighted by Crippen LogP contribution is -2.44. The number of ether oxygens (including phenoxy) is 1. The topological polar surface area (TPSA) is 50.4 Å². The molecule has 116 valence electrons. The van der Waals surface area contributed by atoms with E-state index in [0.717, 1.165) is 0 Å². The lowest BCUT2D eigenvalue weighted by Gasteiger charge is -2.29. The third-order valence-corrected chi connectivity index (χ3v) is 2.41. The summed E-state index contributed by atoms with van der Waals surface area (Å²) in [5, 5.41) is 5.64. The number of hydrogen-bond donors (Lipinski definition) is 2. The molecule has 0 spiro atoms. The van der Waals surface area contributed by atoms with E-state index in [9.17, 15) is 9.18 Å². The third kappa shape index (κ3) is 12.1. The molecule has 0 aliphatic rings. The predicted molar refractivity (Wildman–Crippen MR) is 78.1 cm³/mol. The van der Waals surface area contributed by atoms with Crippen molar-refractivity contribution < 1.29 is 13.9 Å². The van der Waals surface area contributed by atoms with Gasteiger partial charge in [-0.2, -0.15) is 0 Å². The van der Waals surface area contributed by atoms with E-state index in [1.165, 1.54) is 6.92 Å². The predicted octanol–water partition coefficient (Wildman–Crippen LogP) is 2.28. The summed E-state index contributed by atoms with van der Waals surface area (Å²) in [6.45, 7) is 14.0. The number of rotatable bonds is 8. The Labute approximate surface area is 117 Å². The molecule has 4 nitrogen and oxygen atoms in total. The van der Waals surface area contributed by atoms with Crippen LogP contribution in [0.2, 0.25) is 0 Å². The van der Waals surface area contributed by atoms with Gasteiger partial charge >= 0.3 is 0 Å². The molecule has 0 heterocycles. The number of amides is 1. The van der Waals surface area contributed by atoms with E-state index in [4.69, 9.17) is 4.74 Å². The first-order valence-electron chi connectivity index (χ1n) is 7.01. The molecule has 0 aliphatic carbocycles. The smallest absolute Gasteiger partial charge is 0.216 e. The van der Waals surface area contributed by atoms with E-state index in [1.807, 2.05) is 27.7 Å². The molecular formula is C14H31FN2O2. The van der Waals surface area contributed by atoms with Gasteiger partial charge in [0, 0.05) is 19.5 Å². The maximum Gasteiger partial charge on any atom is 0.216 e. The summed E-state index contributed by atoms with van der Waals surface area (Å²) in [6, 6.07) is 0.391. The maximum atomic E-state index is 13.8. The van der Waals surface area contributed by atoms with Gasteiger partial charge in [-0.15, -0.1) is 0 Å². The molecule has 0 aromatic rings. The number of carbonyl (C=O) groups is 1. The van der Waals surface area contributed by atoms with Crippen LogP contribution in [0.3, 0.4) is 0 Å². The van der Waals surface area contributed by atoms with Crippen LogP contribution in [0.25, 0.3) is 0 Å². The fourth-order valence-corrected chi connectivity index (χ4v) is 1.23. The summed E-state index contributed by atoms with van der Waals surface area (Å²) in [6.07, 6.45) is -1.22. The second-order valence-electron chi connectivity index (χ2n) is 4.97. The zero-order chi connectivity index (χ0) is 15.5. The van der Waals surface area contributed by atoms with Gasteiger partial charge in [0.25, 0.3) is 0 Å². The van der Waals surface area contributed by atoms with Crippen molar-refractivity contribution >= 4 is 5.91 Å². The first-order chi connectivity index (χ1) is 8.75. The first-order valence-corrected chi connectivity index (χ1v) is 7.01. The SMILES string of the molecule is CC.CC(=O)NCC(F)C(C)(C)OCCNC(C)C. The fraction of sp³-hybridized carbons (Fsp3) is 0.929. The van der Waals surface area contributed by atoms with Crippen molar-refractivity contribution in [2.45, 2.75) is 66.3 Å². The summed E-state index contributed by atoms with van der Waals surface area (Å²) < 4.78 is 19.3. The van der Waals surface area contributed by atoms with Crippen LogP contribution in [0.1, 0.15) is 48.5 Å². The fourth-order valence-electron chi connectivity index (χ4n) is 1.23. The lowest BCUT2D eigenvalue weighted by atomic mass is 10.0. The van der Waals surface area contributed by atoms with Crippen LogP contribution in [0.4, 0.5) is 4.39 Å². The zero-order valence-corrected chi connectivity index (χ0v) is 13.5. The Morgan fingerprint density at radius 3 is 2.26 bits per heavy atom. The van der Waals surface area contributed by atoms with Crippen LogP contribution in [0.15, 0.2) is 0 Å². The highest BCUT2D eigenvalue weighted by molar-refractivity contribution is 5.72.